The number of halogens is 12. The minimum atomic E-state index is -7.44. The van der Waals surface area contributed by atoms with Crippen molar-refractivity contribution in [2.24, 2.45) is 0 Å². The molecular formula is C12H6F12HgO6. The van der Waals surface area contributed by atoms with Crippen molar-refractivity contribution in [2.75, 3.05) is 0 Å². The molecule has 0 aliphatic heterocycles. The zero-order valence-electron chi connectivity index (χ0n) is 14.7. The molecule has 0 radical (unpaired) electrons. The van der Waals surface area contributed by atoms with Crippen LogP contribution in [0, 0.1) is 0 Å². The van der Waals surface area contributed by atoms with E-state index in [9.17, 15) is 71.9 Å². The zero-order valence-corrected chi connectivity index (χ0v) is 20.2. The molecule has 0 unspecified atom stereocenters. The second kappa shape index (κ2) is 8.72. The summed E-state index contributed by atoms with van der Waals surface area (Å²) in [5.74, 6) is -12.1. The number of hydrogen-bond donors (Lipinski definition) is 0. The van der Waals surface area contributed by atoms with E-state index in [0.717, 1.165) is 0 Å². The van der Waals surface area contributed by atoms with Crippen molar-refractivity contribution >= 4 is 23.9 Å². The van der Waals surface area contributed by atoms with Crippen molar-refractivity contribution in [1.29, 1.82) is 0 Å². The minimum absolute atomic E-state index is 0.0388. The number of hydrogen-bond acceptors (Lipinski definition) is 6. The van der Waals surface area contributed by atoms with E-state index in [0.29, 0.717) is 0 Å². The van der Waals surface area contributed by atoms with E-state index in [2.05, 4.69) is 9.47 Å². The molecule has 31 heavy (non-hydrogen) atoms. The summed E-state index contributed by atoms with van der Waals surface area (Å²) < 4.78 is 154. The van der Waals surface area contributed by atoms with Gasteiger partial charge in [0.15, 0.2) is 0 Å². The third-order valence-corrected chi connectivity index (χ3v) is 16.2. The molecule has 0 heterocycles. The van der Waals surface area contributed by atoms with E-state index < -0.39 is 79.0 Å². The van der Waals surface area contributed by atoms with Crippen LogP contribution >= 0.6 is 0 Å². The molecule has 0 aromatic carbocycles. The summed E-state index contributed by atoms with van der Waals surface area (Å²) >= 11 is -7.44. The predicted molar refractivity (Wildman–Crippen MR) is 63.2 cm³/mol. The molecule has 0 N–H and O–H groups in total. The summed E-state index contributed by atoms with van der Waals surface area (Å²) in [7, 11) is 0. The van der Waals surface area contributed by atoms with Crippen molar-refractivity contribution in [2.45, 2.75) is 44.4 Å². The second-order valence-corrected chi connectivity index (χ2v) is 15.4. The quantitative estimate of drug-likeness (QED) is 0.195. The van der Waals surface area contributed by atoms with Gasteiger partial charge in [-0.25, -0.2) is 0 Å². The third kappa shape index (κ3) is 5.42. The van der Waals surface area contributed by atoms with Crippen molar-refractivity contribution < 1.29 is 106 Å². The first-order chi connectivity index (χ1) is 13.4. The van der Waals surface area contributed by atoms with Gasteiger partial charge in [-0.15, -0.1) is 0 Å². The Morgan fingerprint density at radius 1 is 0.516 bits per heavy atom. The zero-order chi connectivity index (χ0) is 25.4. The van der Waals surface area contributed by atoms with Gasteiger partial charge in [0.25, 0.3) is 0 Å². The first-order valence-corrected chi connectivity index (χ1v) is 12.6. The number of alkyl halides is 12. The molecule has 0 rings (SSSR count). The van der Waals surface area contributed by atoms with Gasteiger partial charge in [0.05, 0.1) is 0 Å². The van der Waals surface area contributed by atoms with Gasteiger partial charge in [-0.2, -0.15) is 0 Å². The molecule has 0 amide bonds. The fourth-order valence-electron chi connectivity index (χ4n) is 2.16. The van der Waals surface area contributed by atoms with Crippen LogP contribution in [0.4, 0.5) is 52.7 Å². The molecule has 0 saturated heterocycles. The van der Waals surface area contributed by atoms with Crippen LogP contribution in [0.15, 0.2) is 0 Å². The first kappa shape index (κ1) is 29.4. The molecule has 0 saturated carbocycles. The molecule has 0 bridgehead atoms. The van der Waals surface area contributed by atoms with E-state index >= 15 is 0 Å². The van der Waals surface area contributed by atoms with Gasteiger partial charge in [0, 0.05) is 0 Å². The van der Waals surface area contributed by atoms with Gasteiger partial charge in [0.1, 0.15) is 0 Å². The van der Waals surface area contributed by atoms with Gasteiger partial charge < -0.3 is 0 Å². The molecule has 0 fully saturated rings. The monoisotopic (exact) mass is 676 g/mol. The number of rotatable bonds is 4. The van der Waals surface area contributed by atoms with Gasteiger partial charge >= 0.3 is 174 Å². The van der Waals surface area contributed by atoms with E-state index in [1.807, 2.05) is 0 Å². The summed E-state index contributed by atoms with van der Waals surface area (Å²) in [6, 6.07) is 0. The Labute approximate surface area is 174 Å². The molecular weight excluding hydrogens is 669 g/mol. The molecule has 0 aliphatic rings. The van der Waals surface area contributed by atoms with Crippen LogP contribution < -0.4 is 0 Å². The Bertz CT molecular complexity index is 657. The van der Waals surface area contributed by atoms with E-state index in [1.54, 1.807) is 0 Å². The van der Waals surface area contributed by atoms with Crippen LogP contribution in [-0.2, 0) is 53.2 Å². The van der Waals surface area contributed by atoms with E-state index in [-0.39, 0.29) is 13.8 Å². The molecule has 0 spiro atoms. The van der Waals surface area contributed by atoms with Gasteiger partial charge in [-0.05, 0) is 0 Å². The first-order valence-electron chi connectivity index (χ1n) is 7.11. The van der Waals surface area contributed by atoms with Crippen molar-refractivity contribution in [3.05, 3.63) is 0 Å². The Morgan fingerprint density at radius 2 is 0.710 bits per heavy atom. The molecule has 0 aliphatic carbocycles. The average molecular weight is 675 g/mol. The number of carbonyl (C=O) groups is 4. The van der Waals surface area contributed by atoms with Crippen LogP contribution in [0.2, 0.25) is 5.85 Å². The van der Waals surface area contributed by atoms with E-state index in [1.165, 1.54) is 0 Å². The second-order valence-electron chi connectivity index (χ2n) is 5.74. The molecule has 176 valence electrons. The molecule has 0 atom stereocenters. The van der Waals surface area contributed by atoms with Gasteiger partial charge in [-0.3, -0.25) is 0 Å². The average Bonchev–Trinajstić information content (AvgIpc) is 2.39. The third-order valence-electron chi connectivity index (χ3n) is 3.64. The predicted octanol–water partition coefficient (Wildman–Crippen LogP) is 3.81. The fourth-order valence-corrected chi connectivity index (χ4v) is 10.1. The Morgan fingerprint density at radius 3 is 0.839 bits per heavy atom. The molecule has 0 aromatic rings. The molecule has 6 nitrogen and oxygen atoms in total. The topological polar surface area (TPSA) is 86.7 Å². The van der Waals surface area contributed by atoms with Crippen LogP contribution in [0.1, 0.15) is 13.8 Å². The fraction of sp³-hybridized carbons (Fsp3) is 0.667. The van der Waals surface area contributed by atoms with Crippen molar-refractivity contribution in [3.63, 3.8) is 0 Å². The maximum atomic E-state index is 13.4. The Hall–Kier alpha value is -1.62. The van der Waals surface area contributed by atoms with Crippen molar-refractivity contribution in [3.8, 4) is 0 Å². The van der Waals surface area contributed by atoms with Gasteiger partial charge in [0.2, 0.25) is 0 Å². The van der Waals surface area contributed by atoms with Gasteiger partial charge in [-0.1, -0.05) is 0 Å². The summed E-state index contributed by atoms with van der Waals surface area (Å²) in [4.78, 5) is 44.4. The normalized spacial score (nSPS) is 13.9. The molecule has 19 heteroatoms. The number of carbonyl (C=O) groups excluding carboxylic acids is 4. The Balaban J connectivity index is 7.52. The summed E-state index contributed by atoms with van der Waals surface area (Å²) in [6.45, 7) is 0.0775. The van der Waals surface area contributed by atoms with Crippen LogP contribution in [0.5, 0.6) is 0 Å². The number of ether oxygens (including phenoxy) is 2. The maximum absolute atomic E-state index is 13.4. The SMILES string of the molecule is CC(=O)OC(=O)[C]([Hg][C](C(=O)OC(C)=O)(C(F)(F)F)C(F)(F)F)(C(F)(F)F)C(F)(F)F. The van der Waals surface area contributed by atoms with Crippen LogP contribution in [-0.4, -0.2) is 48.6 Å². The summed E-state index contributed by atoms with van der Waals surface area (Å²) in [5, 5.41) is 0. The van der Waals surface area contributed by atoms with Crippen molar-refractivity contribution in [1.82, 2.24) is 0 Å². The summed E-state index contributed by atoms with van der Waals surface area (Å²) in [6.07, 6.45) is -28.9. The Kier molecular flexibility index (Phi) is 8.27. The number of esters is 4. The summed E-state index contributed by atoms with van der Waals surface area (Å²) in [5.41, 5.74) is 0. The van der Waals surface area contributed by atoms with E-state index in [4.69, 9.17) is 0 Å². The van der Waals surface area contributed by atoms with Crippen LogP contribution in [0.25, 0.3) is 0 Å². The molecule has 0 aromatic heterocycles. The standard InChI is InChI=1S/2C6H3F6O3.Hg/c2*1-2(13)15-4(14)3(5(7,8)9)6(10,11)12;/h2*1H3;. The van der Waals surface area contributed by atoms with Crippen LogP contribution in [0.3, 0.4) is 0 Å².